The van der Waals surface area contributed by atoms with Crippen molar-refractivity contribution in [3.63, 3.8) is 0 Å². The predicted octanol–water partition coefficient (Wildman–Crippen LogP) is 4.33. The van der Waals surface area contributed by atoms with E-state index in [1.54, 1.807) is 6.92 Å². The first-order valence-electron chi connectivity index (χ1n) is 15.9. The van der Waals surface area contributed by atoms with Crippen molar-refractivity contribution in [1.29, 1.82) is 0 Å². The molecule has 1 aliphatic rings. The number of ether oxygens (including phenoxy) is 1. The molecule has 1 heterocycles. The van der Waals surface area contributed by atoms with Crippen molar-refractivity contribution in [2.24, 2.45) is 16.3 Å². The average molecular weight is 619 g/mol. The van der Waals surface area contributed by atoms with Crippen LogP contribution in [-0.2, 0) is 19.9 Å². The maximum absolute atomic E-state index is 11.9. The van der Waals surface area contributed by atoms with E-state index >= 15 is 0 Å². The van der Waals surface area contributed by atoms with Gasteiger partial charge in [-0.25, -0.2) is 4.99 Å². The van der Waals surface area contributed by atoms with Gasteiger partial charge >= 0.3 is 29.6 Å². The van der Waals surface area contributed by atoms with E-state index < -0.39 is 28.9 Å². The van der Waals surface area contributed by atoms with Gasteiger partial charge in [0, 0.05) is 0 Å². The second-order valence-electron chi connectivity index (χ2n) is 11.4. The molecule has 3 atom stereocenters. The molecule has 0 bridgehead atoms. The monoisotopic (exact) mass is 618 g/mol. The number of hydrogen-bond acceptors (Lipinski definition) is 4. The third-order valence-corrected chi connectivity index (χ3v) is 8.52. The minimum atomic E-state index is -1.15. The molecule has 1 aliphatic heterocycles. The van der Waals surface area contributed by atoms with Crippen molar-refractivity contribution >= 4 is 17.8 Å². The first kappa shape index (κ1) is 38.2. The summed E-state index contributed by atoms with van der Waals surface area (Å²) < 4.78 is 7.07. The number of amides is 2. The second kappa shape index (κ2) is 18.8. The van der Waals surface area contributed by atoms with E-state index in [4.69, 9.17) is 4.74 Å². The van der Waals surface area contributed by atoms with Crippen LogP contribution in [0.5, 0.6) is 0 Å². The Balaban J connectivity index is 0.000000355. The third kappa shape index (κ3) is 9.04. The third-order valence-electron chi connectivity index (χ3n) is 8.52. The Labute approximate surface area is 291 Å². The summed E-state index contributed by atoms with van der Waals surface area (Å²) in [5, 5.41) is 13.1. The molecule has 2 amide bonds. The first-order valence-corrected chi connectivity index (χ1v) is 15.9. The van der Waals surface area contributed by atoms with Crippen molar-refractivity contribution in [2.45, 2.75) is 84.3 Å². The Morgan fingerprint density at radius 2 is 1.36 bits per heavy atom. The van der Waals surface area contributed by atoms with Crippen LogP contribution in [0.25, 0.3) is 0 Å². The van der Waals surface area contributed by atoms with Crippen molar-refractivity contribution in [1.82, 2.24) is 5.32 Å². The quantitative estimate of drug-likeness (QED) is 0.126. The van der Waals surface area contributed by atoms with Gasteiger partial charge in [-0.05, 0) is 48.3 Å². The number of amidine groups is 1. The zero-order chi connectivity index (χ0) is 32.0. The molecule has 234 valence electrons. The standard InChI is InChI=1S/C27H30O.C11H18N2O3.Na/c1-3-5-22-26(15-4-2)28-27(23-16-9-6-10-17-23,24-18-11-7-12-19-24)25-20-13-8-14-21-25;1-4-6-7(3)11(5-2)8(14)12-10(16)13-9(11)15;/h4,6-14,16-21,26H,2-3,5,15,22H2,1H3;7H,4-6H2,1-3H3,(H2,12,13,14,15,16);/q;;+1/p-1. The molecule has 0 saturated heterocycles. The van der Waals surface area contributed by atoms with Crippen LogP contribution in [0.15, 0.2) is 109 Å². The molecule has 0 saturated carbocycles. The van der Waals surface area contributed by atoms with Gasteiger partial charge in [0.2, 0.25) is 5.91 Å². The summed E-state index contributed by atoms with van der Waals surface area (Å²) in [6.07, 6.45) is 8.28. The number of benzene rings is 3. The zero-order valence-electron chi connectivity index (χ0n) is 27.6. The molecule has 3 aromatic carbocycles. The molecule has 6 nitrogen and oxygen atoms in total. The molecule has 0 aliphatic carbocycles. The minimum Gasteiger partial charge on any atom is -0.846 e. The molecule has 4 rings (SSSR count). The predicted molar refractivity (Wildman–Crippen MR) is 176 cm³/mol. The summed E-state index contributed by atoms with van der Waals surface area (Å²) >= 11 is 0. The Morgan fingerprint density at radius 1 is 0.867 bits per heavy atom. The van der Waals surface area contributed by atoms with Gasteiger partial charge in [0.15, 0.2) is 0 Å². The van der Waals surface area contributed by atoms with Crippen LogP contribution in [0.3, 0.4) is 0 Å². The topological polar surface area (TPSA) is 90.8 Å². The smallest absolute Gasteiger partial charge is 0.846 e. The fraction of sp³-hybridized carbons (Fsp3) is 0.395. The molecule has 1 N–H and O–H groups in total. The summed E-state index contributed by atoms with van der Waals surface area (Å²) in [7, 11) is 0. The van der Waals surface area contributed by atoms with Crippen molar-refractivity contribution in [3.05, 3.63) is 120 Å². The van der Waals surface area contributed by atoms with E-state index in [-0.39, 0.29) is 41.6 Å². The van der Waals surface area contributed by atoms with Gasteiger partial charge in [-0.2, -0.15) is 0 Å². The number of carbonyl (C=O) groups excluding carboxylic acids is 2. The van der Waals surface area contributed by atoms with E-state index in [1.165, 1.54) is 0 Å². The Bertz CT molecular complexity index is 1270. The zero-order valence-corrected chi connectivity index (χ0v) is 29.6. The number of hydrogen-bond donors (Lipinski definition) is 1. The summed E-state index contributed by atoms with van der Waals surface area (Å²) in [6, 6.07) is 30.9. The molecule has 3 unspecified atom stereocenters. The SMILES string of the molecule is C=CCC(CCCC)OC(c1ccccc1)(c1ccccc1)c1ccccc1.CCCC(C)C1(CC)C(=O)N=C([O-])NC1=O.[Na+]. The van der Waals surface area contributed by atoms with Gasteiger partial charge < -0.3 is 15.2 Å². The second-order valence-corrected chi connectivity index (χ2v) is 11.4. The van der Waals surface area contributed by atoms with Crippen LogP contribution in [0.1, 0.15) is 89.3 Å². The fourth-order valence-corrected chi connectivity index (χ4v) is 6.12. The summed E-state index contributed by atoms with van der Waals surface area (Å²) in [6.45, 7) is 11.8. The summed E-state index contributed by atoms with van der Waals surface area (Å²) in [5.41, 5.74) is 1.66. The van der Waals surface area contributed by atoms with Crippen LogP contribution >= 0.6 is 0 Å². The van der Waals surface area contributed by atoms with E-state index in [0.717, 1.165) is 55.2 Å². The summed E-state index contributed by atoms with van der Waals surface area (Å²) in [5.74, 6) is -1.20. The van der Waals surface area contributed by atoms with Gasteiger partial charge in [-0.1, -0.05) is 144 Å². The maximum Gasteiger partial charge on any atom is 1.00 e. The van der Waals surface area contributed by atoms with Crippen molar-refractivity contribution in [2.75, 3.05) is 0 Å². The van der Waals surface area contributed by atoms with Crippen LogP contribution in [0.2, 0.25) is 0 Å². The van der Waals surface area contributed by atoms with Crippen LogP contribution in [0.4, 0.5) is 0 Å². The Morgan fingerprint density at radius 3 is 1.73 bits per heavy atom. The van der Waals surface area contributed by atoms with Gasteiger partial charge in [-0.3, -0.25) is 9.59 Å². The number of nitrogens with one attached hydrogen (secondary N) is 1. The number of rotatable bonds is 14. The number of carbonyl (C=O) groups is 2. The molecule has 45 heavy (non-hydrogen) atoms. The normalized spacial score (nSPS) is 17.5. The van der Waals surface area contributed by atoms with Crippen molar-refractivity contribution < 1.29 is 49.0 Å². The molecular formula is C38H47N2NaO4. The Hall–Kier alpha value is -3.03. The average Bonchev–Trinajstić information content (AvgIpc) is 3.04. The van der Waals surface area contributed by atoms with E-state index in [0.29, 0.717) is 6.42 Å². The molecule has 3 aromatic rings. The Kier molecular flexibility index (Phi) is 16.0. The van der Waals surface area contributed by atoms with Crippen LogP contribution in [-0.4, -0.2) is 23.9 Å². The number of unbranched alkanes of at least 4 members (excludes halogenated alkanes) is 1. The number of nitrogens with zero attached hydrogens (tertiary/aromatic N) is 1. The van der Waals surface area contributed by atoms with Crippen molar-refractivity contribution in [3.8, 4) is 0 Å². The van der Waals surface area contributed by atoms with Gasteiger partial charge in [0.1, 0.15) is 11.0 Å². The van der Waals surface area contributed by atoms with Gasteiger partial charge in [-0.15, -0.1) is 6.58 Å². The van der Waals surface area contributed by atoms with Crippen LogP contribution < -0.4 is 40.0 Å². The number of aliphatic imine (C=N–C) groups is 1. The largest absolute Gasteiger partial charge is 1.00 e. The molecular weight excluding hydrogens is 571 g/mol. The van der Waals surface area contributed by atoms with E-state index in [1.807, 2.05) is 19.9 Å². The fourth-order valence-electron chi connectivity index (χ4n) is 6.12. The van der Waals surface area contributed by atoms with Gasteiger partial charge in [0.25, 0.3) is 5.91 Å². The summed E-state index contributed by atoms with van der Waals surface area (Å²) in [4.78, 5) is 27.1. The molecule has 0 radical (unpaired) electrons. The van der Waals surface area contributed by atoms with E-state index in [9.17, 15) is 14.7 Å². The maximum atomic E-state index is 11.9. The van der Waals surface area contributed by atoms with Crippen LogP contribution in [0, 0.1) is 11.3 Å². The molecule has 7 heteroatoms. The molecule has 0 fully saturated rings. The van der Waals surface area contributed by atoms with Gasteiger partial charge in [0.05, 0.1) is 12.1 Å². The molecule has 0 spiro atoms. The molecule has 0 aromatic heterocycles. The minimum absolute atomic E-state index is 0. The van der Waals surface area contributed by atoms with E-state index in [2.05, 4.69) is 115 Å². The first-order chi connectivity index (χ1) is 21.3.